The molecule has 0 spiro atoms. The molecule has 3 aliphatic heterocycles. The van der Waals surface area contributed by atoms with Crippen molar-refractivity contribution in [3.8, 4) is 0 Å². The first-order chi connectivity index (χ1) is 9.81. The van der Waals surface area contributed by atoms with Crippen LogP contribution >= 0.6 is 0 Å². The molecule has 0 aromatic heterocycles. The van der Waals surface area contributed by atoms with Gasteiger partial charge < -0.3 is 10.2 Å². The van der Waals surface area contributed by atoms with Crippen molar-refractivity contribution in [1.82, 2.24) is 15.1 Å². The fourth-order valence-electron chi connectivity index (χ4n) is 4.82. The fraction of sp³-hybridized carbons (Fsp3) is 1.00. The van der Waals surface area contributed by atoms with Crippen molar-refractivity contribution in [1.29, 1.82) is 0 Å². The third-order valence-electron chi connectivity index (χ3n) is 5.80. The average molecular weight is 279 g/mol. The SMILES string of the molecule is CCCC1(CN2CCC(N3CCCC3)C2)CCCNC1. The normalized spacial score (nSPS) is 36.8. The first-order valence-corrected chi connectivity index (χ1v) is 8.98. The van der Waals surface area contributed by atoms with Crippen LogP contribution in [0, 0.1) is 5.41 Å². The Morgan fingerprint density at radius 2 is 2.00 bits per heavy atom. The van der Waals surface area contributed by atoms with Crippen LogP contribution in [0.5, 0.6) is 0 Å². The van der Waals surface area contributed by atoms with E-state index in [1.807, 2.05) is 0 Å². The third-order valence-corrected chi connectivity index (χ3v) is 5.80. The lowest BCUT2D eigenvalue weighted by atomic mass is 9.76. The van der Waals surface area contributed by atoms with Gasteiger partial charge in [-0.05, 0) is 70.1 Å². The summed E-state index contributed by atoms with van der Waals surface area (Å²) in [4.78, 5) is 5.54. The highest BCUT2D eigenvalue weighted by atomic mass is 15.3. The summed E-state index contributed by atoms with van der Waals surface area (Å²) in [5.74, 6) is 0. The number of hydrogen-bond donors (Lipinski definition) is 1. The van der Waals surface area contributed by atoms with Crippen molar-refractivity contribution in [2.45, 2.75) is 57.9 Å². The highest BCUT2D eigenvalue weighted by Crippen LogP contribution is 2.34. The molecule has 0 radical (unpaired) electrons. The monoisotopic (exact) mass is 279 g/mol. The number of nitrogens with zero attached hydrogens (tertiary/aromatic N) is 2. The van der Waals surface area contributed by atoms with Crippen LogP contribution in [0.2, 0.25) is 0 Å². The number of likely N-dealkylation sites (tertiary alicyclic amines) is 2. The van der Waals surface area contributed by atoms with Gasteiger partial charge in [0.1, 0.15) is 0 Å². The molecule has 1 N–H and O–H groups in total. The Hall–Kier alpha value is -0.120. The summed E-state index contributed by atoms with van der Waals surface area (Å²) in [5, 5.41) is 3.66. The van der Waals surface area contributed by atoms with Gasteiger partial charge in [-0.15, -0.1) is 0 Å². The molecule has 0 aromatic carbocycles. The molecule has 3 heterocycles. The van der Waals surface area contributed by atoms with Crippen LogP contribution in [0.25, 0.3) is 0 Å². The van der Waals surface area contributed by atoms with Gasteiger partial charge in [0, 0.05) is 25.7 Å². The summed E-state index contributed by atoms with van der Waals surface area (Å²) in [6.45, 7) is 11.6. The second-order valence-corrected chi connectivity index (χ2v) is 7.45. The minimum Gasteiger partial charge on any atom is -0.316 e. The van der Waals surface area contributed by atoms with Gasteiger partial charge in [0.15, 0.2) is 0 Å². The zero-order chi connectivity index (χ0) is 13.8. The maximum atomic E-state index is 3.66. The van der Waals surface area contributed by atoms with E-state index in [0.29, 0.717) is 5.41 Å². The smallest absolute Gasteiger partial charge is 0.0235 e. The van der Waals surface area contributed by atoms with E-state index in [0.717, 1.165) is 6.04 Å². The van der Waals surface area contributed by atoms with Crippen LogP contribution in [0.1, 0.15) is 51.9 Å². The quantitative estimate of drug-likeness (QED) is 0.833. The highest BCUT2D eigenvalue weighted by molar-refractivity contribution is 4.92. The van der Waals surface area contributed by atoms with E-state index in [2.05, 4.69) is 22.0 Å². The molecule has 3 saturated heterocycles. The van der Waals surface area contributed by atoms with Crippen LogP contribution in [-0.4, -0.2) is 61.7 Å². The van der Waals surface area contributed by atoms with Gasteiger partial charge >= 0.3 is 0 Å². The van der Waals surface area contributed by atoms with E-state index >= 15 is 0 Å². The van der Waals surface area contributed by atoms with Gasteiger partial charge in [-0.25, -0.2) is 0 Å². The summed E-state index contributed by atoms with van der Waals surface area (Å²) in [7, 11) is 0. The number of rotatable bonds is 5. The minimum atomic E-state index is 0.576. The molecule has 0 saturated carbocycles. The fourth-order valence-corrected chi connectivity index (χ4v) is 4.82. The first-order valence-electron chi connectivity index (χ1n) is 8.98. The second kappa shape index (κ2) is 6.76. The molecule has 3 heteroatoms. The summed E-state index contributed by atoms with van der Waals surface area (Å²) < 4.78 is 0. The number of hydrogen-bond acceptors (Lipinski definition) is 3. The zero-order valence-electron chi connectivity index (χ0n) is 13.4. The van der Waals surface area contributed by atoms with E-state index in [-0.39, 0.29) is 0 Å². The van der Waals surface area contributed by atoms with E-state index in [9.17, 15) is 0 Å². The molecule has 0 aromatic rings. The molecule has 3 fully saturated rings. The van der Waals surface area contributed by atoms with Crippen molar-refractivity contribution in [2.24, 2.45) is 5.41 Å². The largest absolute Gasteiger partial charge is 0.316 e. The Morgan fingerprint density at radius 1 is 1.15 bits per heavy atom. The van der Waals surface area contributed by atoms with Crippen molar-refractivity contribution >= 4 is 0 Å². The van der Waals surface area contributed by atoms with Gasteiger partial charge in [0.05, 0.1) is 0 Å². The van der Waals surface area contributed by atoms with Crippen LogP contribution in [-0.2, 0) is 0 Å². The molecule has 0 bridgehead atoms. The summed E-state index contributed by atoms with van der Waals surface area (Å²) in [6.07, 6.45) is 9.84. The number of nitrogens with one attached hydrogen (secondary N) is 1. The Bertz CT molecular complexity index is 287. The molecule has 20 heavy (non-hydrogen) atoms. The zero-order valence-corrected chi connectivity index (χ0v) is 13.4. The van der Waals surface area contributed by atoms with Crippen molar-refractivity contribution in [2.75, 3.05) is 45.8 Å². The summed E-state index contributed by atoms with van der Waals surface area (Å²) in [5.41, 5.74) is 0.576. The molecule has 3 nitrogen and oxygen atoms in total. The Kier molecular flexibility index (Phi) is 5.00. The lowest BCUT2D eigenvalue weighted by molar-refractivity contribution is 0.115. The maximum Gasteiger partial charge on any atom is 0.0235 e. The van der Waals surface area contributed by atoms with Gasteiger partial charge in [0.2, 0.25) is 0 Å². The van der Waals surface area contributed by atoms with Crippen LogP contribution in [0.3, 0.4) is 0 Å². The Balaban J connectivity index is 1.53. The van der Waals surface area contributed by atoms with E-state index < -0.39 is 0 Å². The summed E-state index contributed by atoms with van der Waals surface area (Å²) in [6, 6.07) is 0.868. The minimum absolute atomic E-state index is 0.576. The average Bonchev–Trinajstić information content (AvgIpc) is 3.10. The van der Waals surface area contributed by atoms with Crippen LogP contribution in [0.4, 0.5) is 0 Å². The number of piperidine rings is 1. The standard InChI is InChI=1S/C17H33N3/c1-2-7-17(8-5-9-18-14-17)15-19-12-6-16(13-19)20-10-3-4-11-20/h16,18H,2-15H2,1H3. The lowest BCUT2D eigenvalue weighted by Crippen LogP contribution is -2.47. The van der Waals surface area contributed by atoms with Crippen LogP contribution < -0.4 is 5.32 Å². The van der Waals surface area contributed by atoms with E-state index in [1.165, 1.54) is 90.8 Å². The summed E-state index contributed by atoms with van der Waals surface area (Å²) >= 11 is 0. The predicted octanol–water partition coefficient (Wildman–Crippen LogP) is 2.33. The van der Waals surface area contributed by atoms with Gasteiger partial charge in [0.25, 0.3) is 0 Å². The topological polar surface area (TPSA) is 18.5 Å². The molecule has 0 aliphatic carbocycles. The van der Waals surface area contributed by atoms with E-state index in [4.69, 9.17) is 0 Å². The van der Waals surface area contributed by atoms with Crippen molar-refractivity contribution in [3.63, 3.8) is 0 Å². The molecule has 2 unspecified atom stereocenters. The molecule has 0 amide bonds. The Labute approximate surface area is 125 Å². The highest BCUT2D eigenvalue weighted by Gasteiger charge is 2.36. The molecular weight excluding hydrogens is 246 g/mol. The van der Waals surface area contributed by atoms with Crippen LogP contribution in [0.15, 0.2) is 0 Å². The van der Waals surface area contributed by atoms with Gasteiger partial charge in [-0.2, -0.15) is 0 Å². The van der Waals surface area contributed by atoms with Crippen molar-refractivity contribution in [3.05, 3.63) is 0 Å². The molecule has 2 atom stereocenters. The van der Waals surface area contributed by atoms with Gasteiger partial charge in [-0.3, -0.25) is 4.90 Å². The first kappa shape index (κ1) is 14.8. The molecular formula is C17H33N3. The lowest BCUT2D eigenvalue weighted by Gasteiger charge is -2.40. The van der Waals surface area contributed by atoms with Gasteiger partial charge in [-0.1, -0.05) is 13.3 Å². The molecule has 3 rings (SSSR count). The van der Waals surface area contributed by atoms with E-state index in [1.54, 1.807) is 0 Å². The molecule has 3 aliphatic rings. The second-order valence-electron chi connectivity index (χ2n) is 7.45. The molecule has 116 valence electrons. The maximum absolute atomic E-state index is 3.66. The third kappa shape index (κ3) is 3.37. The Morgan fingerprint density at radius 3 is 2.70 bits per heavy atom. The predicted molar refractivity (Wildman–Crippen MR) is 85.1 cm³/mol. The van der Waals surface area contributed by atoms with Crippen molar-refractivity contribution < 1.29 is 0 Å².